The van der Waals surface area contributed by atoms with Gasteiger partial charge in [-0.1, -0.05) is 31.2 Å². The largest absolute Gasteiger partial charge is 0.497 e. The highest BCUT2D eigenvalue weighted by atomic mass is 32.2. The summed E-state index contributed by atoms with van der Waals surface area (Å²) in [6, 6.07) is 14.0. The highest BCUT2D eigenvalue weighted by molar-refractivity contribution is 7.92. The van der Waals surface area contributed by atoms with Crippen LogP contribution in [0.5, 0.6) is 5.75 Å². The monoisotopic (exact) mass is 531 g/mol. The molecule has 0 spiro atoms. The first-order valence-corrected chi connectivity index (χ1v) is 14.4. The van der Waals surface area contributed by atoms with E-state index >= 15 is 0 Å². The van der Waals surface area contributed by atoms with Crippen LogP contribution in [0.3, 0.4) is 0 Å². The van der Waals surface area contributed by atoms with Crippen LogP contribution >= 0.6 is 0 Å². The molecule has 0 bridgehead atoms. The number of anilines is 1. The third-order valence-corrected chi connectivity index (χ3v) is 7.01. The summed E-state index contributed by atoms with van der Waals surface area (Å²) in [4.78, 5) is 28.3. The van der Waals surface area contributed by atoms with E-state index in [4.69, 9.17) is 4.74 Å². The maximum absolute atomic E-state index is 13.5. The predicted octanol–water partition coefficient (Wildman–Crippen LogP) is 4.27. The Hall–Kier alpha value is -3.07. The van der Waals surface area contributed by atoms with Crippen LogP contribution in [0.25, 0.3) is 0 Å². The van der Waals surface area contributed by atoms with Gasteiger partial charge in [0, 0.05) is 25.0 Å². The normalized spacial score (nSPS) is 12.5. The molecule has 2 rings (SSSR count). The van der Waals surface area contributed by atoms with Gasteiger partial charge in [0.25, 0.3) is 0 Å². The van der Waals surface area contributed by atoms with Gasteiger partial charge in [-0.3, -0.25) is 13.9 Å². The number of hydrogen-bond acceptors (Lipinski definition) is 5. The summed E-state index contributed by atoms with van der Waals surface area (Å²) in [7, 11) is -1.95. The molecule has 0 fully saturated rings. The average Bonchev–Trinajstić information content (AvgIpc) is 2.79. The molecule has 2 aromatic rings. The molecule has 2 amide bonds. The van der Waals surface area contributed by atoms with E-state index in [2.05, 4.69) is 5.32 Å². The Morgan fingerprint density at radius 1 is 1.08 bits per heavy atom. The van der Waals surface area contributed by atoms with E-state index in [0.717, 1.165) is 17.4 Å². The summed E-state index contributed by atoms with van der Waals surface area (Å²) >= 11 is 0. The van der Waals surface area contributed by atoms with Crippen molar-refractivity contribution in [3.63, 3.8) is 0 Å². The van der Waals surface area contributed by atoms with Gasteiger partial charge in [-0.25, -0.2) is 8.42 Å². The van der Waals surface area contributed by atoms with Gasteiger partial charge in [0.2, 0.25) is 21.8 Å². The van der Waals surface area contributed by atoms with E-state index in [1.54, 1.807) is 18.1 Å². The standard InChI is InChI=1S/C28H41N3O5S/c1-8-25(27(33)29-28(3,4)5)30(20-22-13-10-15-24(19-22)36-6)26(32)16-11-17-31(37(7,34)35)23-14-9-12-21(2)18-23/h9-10,12-15,18-19,25H,8,11,16-17,20H2,1-7H3,(H,29,33)/t25-/m1/s1. The molecule has 0 aliphatic heterocycles. The lowest BCUT2D eigenvalue weighted by molar-refractivity contribution is -0.142. The third kappa shape index (κ3) is 9.39. The number of sulfonamides is 1. The van der Waals surface area contributed by atoms with Crippen molar-refractivity contribution in [2.75, 3.05) is 24.2 Å². The van der Waals surface area contributed by atoms with Crippen molar-refractivity contribution in [2.24, 2.45) is 0 Å². The van der Waals surface area contributed by atoms with Crippen LogP contribution in [0.1, 0.15) is 58.1 Å². The van der Waals surface area contributed by atoms with Crippen LogP contribution in [-0.4, -0.2) is 56.6 Å². The van der Waals surface area contributed by atoms with Crippen LogP contribution in [-0.2, 0) is 26.2 Å². The summed E-state index contributed by atoms with van der Waals surface area (Å²) in [6.07, 6.45) is 2.01. The van der Waals surface area contributed by atoms with Crippen molar-refractivity contribution in [3.8, 4) is 5.75 Å². The van der Waals surface area contributed by atoms with Crippen molar-refractivity contribution < 1.29 is 22.7 Å². The van der Waals surface area contributed by atoms with Crippen LogP contribution in [0.4, 0.5) is 5.69 Å². The Bertz CT molecular complexity index is 1170. The predicted molar refractivity (Wildman–Crippen MR) is 148 cm³/mol. The lowest BCUT2D eigenvalue weighted by Crippen LogP contribution is -2.53. The molecule has 204 valence electrons. The molecular weight excluding hydrogens is 490 g/mol. The number of benzene rings is 2. The molecule has 9 heteroatoms. The van der Waals surface area contributed by atoms with Gasteiger partial charge in [0.1, 0.15) is 11.8 Å². The molecule has 0 saturated carbocycles. The Balaban J connectivity index is 2.26. The second kappa shape index (κ2) is 12.9. The summed E-state index contributed by atoms with van der Waals surface area (Å²) in [6.45, 7) is 9.87. The summed E-state index contributed by atoms with van der Waals surface area (Å²) in [5, 5.41) is 2.99. The molecule has 0 aliphatic rings. The van der Waals surface area contributed by atoms with E-state index in [9.17, 15) is 18.0 Å². The smallest absolute Gasteiger partial charge is 0.243 e. The van der Waals surface area contributed by atoms with Crippen molar-refractivity contribution >= 4 is 27.5 Å². The summed E-state index contributed by atoms with van der Waals surface area (Å²) < 4.78 is 31.6. The minimum atomic E-state index is -3.53. The van der Waals surface area contributed by atoms with E-state index in [-0.39, 0.29) is 31.3 Å². The molecule has 0 unspecified atom stereocenters. The SMILES string of the molecule is CC[C@H](C(=O)NC(C)(C)C)N(Cc1cccc(OC)c1)C(=O)CCCN(c1cccc(C)c1)S(C)(=O)=O. The minimum Gasteiger partial charge on any atom is -0.497 e. The second-order valence-electron chi connectivity index (χ2n) is 10.3. The maximum Gasteiger partial charge on any atom is 0.243 e. The fourth-order valence-electron chi connectivity index (χ4n) is 4.13. The number of nitrogens with one attached hydrogen (secondary N) is 1. The summed E-state index contributed by atoms with van der Waals surface area (Å²) in [5.41, 5.74) is 1.91. The Morgan fingerprint density at radius 3 is 2.32 bits per heavy atom. The van der Waals surface area contributed by atoms with E-state index in [1.807, 2.05) is 77.1 Å². The van der Waals surface area contributed by atoms with E-state index in [0.29, 0.717) is 24.3 Å². The molecule has 0 heterocycles. The fourth-order valence-corrected chi connectivity index (χ4v) is 5.08. The number of amides is 2. The molecule has 8 nitrogen and oxygen atoms in total. The first kappa shape index (κ1) is 30.2. The molecular formula is C28H41N3O5S. The van der Waals surface area contributed by atoms with Crippen molar-refractivity contribution in [2.45, 2.75) is 72.0 Å². The first-order chi connectivity index (χ1) is 17.2. The molecule has 0 aliphatic carbocycles. The molecule has 0 saturated heterocycles. The van der Waals surface area contributed by atoms with Gasteiger partial charge in [-0.15, -0.1) is 0 Å². The zero-order valence-corrected chi connectivity index (χ0v) is 23.9. The number of aryl methyl sites for hydroxylation is 1. The van der Waals surface area contributed by atoms with Gasteiger partial charge in [-0.2, -0.15) is 0 Å². The number of rotatable bonds is 12. The lowest BCUT2D eigenvalue weighted by Gasteiger charge is -2.33. The zero-order chi connectivity index (χ0) is 27.8. The van der Waals surface area contributed by atoms with Gasteiger partial charge >= 0.3 is 0 Å². The fraction of sp³-hybridized carbons (Fsp3) is 0.500. The van der Waals surface area contributed by atoms with Gasteiger partial charge in [0.15, 0.2) is 0 Å². The van der Waals surface area contributed by atoms with Crippen LogP contribution in [0.2, 0.25) is 0 Å². The number of carbonyl (C=O) groups is 2. The lowest BCUT2D eigenvalue weighted by atomic mass is 10.0. The number of hydrogen-bond donors (Lipinski definition) is 1. The molecule has 1 atom stereocenters. The molecule has 0 radical (unpaired) electrons. The Kier molecular flexibility index (Phi) is 10.5. The van der Waals surface area contributed by atoms with Crippen molar-refractivity contribution in [1.82, 2.24) is 10.2 Å². The average molecular weight is 532 g/mol. The Labute approximate surface area is 222 Å². The quantitative estimate of drug-likeness (QED) is 0.441. The van der Waals surface area contributed by atoms with Gasteiger partial charge in [0.05, 0.1) is 19.1 Å². The number of nitrogens with zero attached hydrogens (tertiary/aromatic N) is 2. The van der Waals surface area contributed by atoms with Gasteiger partial charge in [-0.05, 0) is 75.9 Å². The first-order valence-electron chi connectivity index (χ1n) is 12.5. The van der Waals surface area contributed by atoms with Crippen molar-refractivity contribution in [3.05, 3.63) is 59.7 Å². The van der Waals surface area contributed by atoms with E-state index < -0.39 is 21.6 Å². The highest BCUT2D eigenvalue weighted by Gasteiger charge is 2.30. The minimum absolute atomic E-state index is 0.0983. The number of methoxy groups -OCH3 is 1. The van der Waals surface area contributed by atoms with Gasteiger partial charge < -0.3 is 15.0 Å². The number of carbonyl (C=O) groups excluding carboxylic acids is 2. The second-order valence-corrected chi connectivity index (χ2v) is 12.2. The van der Waals surface area contributed by atoms with E-state index in [1.165, 1.54) is 4.31 Å². The van der Waals surface area contributed by atoms with Crippen LogP contribution in [0.15, 0.2) is 48.5 Å². The molecule has 37 heavy (non-hydrogen) atoms. The molecule has 1 N–H and O–H groups in total. The highest BCUT2D eigenvalue weighted by Crippen LogP contribution is 2.22. The topological polar surface area (TPSA) is 96.0 Å². The summed E-state index contributed by atoms with van der Waals surface area (Å²) in [5.74, 6) is 0.235. The van der Waals surface area contributed by atoms with Crippen LogP contribution < -0.4 is 14.4 Å². The van der Waals surface area contributed by atoms with Crippen molar-refractivity contribution in [1.29, 1.82) is 0 Å². The zero-order valence-electron chi connectivity index (χ0n) is 23.1. The Morgan fingerprint density at radius 2 is 1.76 bits per heavy atom. The maximum atomic E-state index is 13.5. The third-order valence-electron chi connectivity index (χ3n) is 5.81. The number of ether oxygens (including phenoxy) is 1. The molecule has 0 aromatic heterocycles. The van der Waals surface area contributed by atoms with Crippen LogP contribution in [0, 0.1) is 6.92 Å². The molecule has 2 aromatic carbocycles.